The van der Waals surface area contributed by atoms with Gasteiger partial charge in [0.15, 0.2) is 5.82 Å². The average molecular weight is 374 g/mol. The lowest BCUT2D eigenvalue weighted by Crippen LogP contribution is -2.31. The van der Waals surface area contributed by atoms with Gasteiger partial charge in [-0.25, -0.2) is 0 Å². The van der Waals surface area contributed by atoms with Crippen LogP contribution in [-0.2, 0) is 30.7 Å². The highest BCUT2D eigenvalue weighted by atomic mass is 16.3. The molecule has 0 saturated heterocycles. The lowest BCUT2D eigenvalue weighted by atomic mass is 10.0. The summed E-state index contributed by atoms with van der Waals surface area (Å²) in [7, 11) is 0. The molecule has 0 aliphatic carbocycles. The Labute approximate surface area is 161 Å². The molecule has 2 aromatic heterocycles. The van der Waals surface area contributed by atoms with Crippen molar-refractivity contribution >= 4 is 5.91 Å². The highest BCUT2D eigenvalue weighted by Crippen LogP contribution is 2.22. The number of hydrogen-bond donors (Lipinski definition) is 1. The van der Waals surface area contributed by atoms with E-state index in [9.17, 15) is 4.79 Å². The van der Waals surface area contributed by atoms with E-state index in [1.54, 1.807) is 6.92 Å². The van der Waals surface area contributed by atoms with E-state index in [0.29, 0.717) is 5.92 Å². The summed E-state index contributed by atoms with van der Waals surface area (Å²) in [6, 6.07) is 4.04. The summed E-state index contributed by atoms with van der Waals surface area (Å²) in [5, 5.41) is 11.9. The summed E-state index contributed by atoms with van der Waals surface area (Å²) < 4.78 is 8.06. The van der Waals surface area contributed by atoms with Gasteiger partial charge in [-0.1, -0.05) is 20.8 Å². The number of carbonyl (C=O) groups is 1. The zero-order valence-corrected chi connectivity index (χ0v) is 16.9. The fourth-order valence-electron chi connectivity index (χ4n) is 3.67. The predicted molar refractivity (Wildman–Crippen MR) is 103 cm³/mol. The van der Waals surface area contributed by atoms with Crippen LogP contribution >= 0.6 is 0 Å². The maximum atomic E-state index is 11.7. The molecule has 1 N–H and O–H groups in total. The van der Waals surface area contributed by atoms with Crippen LogP contribution in [0, 0.1) is 5.92 Å². The molecule has 7 nitrogen and oxygen atoms in total. The Balaban J connectivity index is 1.71. The van der Waals surface area contributed by atoms with Crippen molar-refractivity contribution in [2.75, 3.05) is 13.1 Å². The minimum Gasteiger partial charge on any atom is -0.465 e. The number of amides is 1. The Morgan fingerprint density at radius 3 is 2.67 bits per heavy atom. The quantitative estimate of drug-likeness (QED) is 0.808. The number of furan rings is 1. The average Bonchev–Trinajstić information content (AvgIpc) is 3.17. The van der Waals surface area contributed by atoms with E-state index in [-0.39, 0.29) is 11.9 Å². The third-order valence-corrected chi connectivity index (χ3v) is 4.99. The molecule has 3 rings (SSSR count). The topological polar surface area (TPSA) is 76.2 Å². The highest BCUT2D eigenvalue weighted by molar-refractivity contribution is 5.73. The first-order valence-electron chi connectivity index (χ1n) is 9.95. The second kappa shape index (κ2) is 8.69. The Morgan fingerprint density at radius 1 is 1.22 bits per heavy atom. The standard InChI is InChI=1S/C20H31N5O2/c1-5-16-6-7-17(27-16)13-24-9-8-19-22-23-20(25(19)11-10-24)18(12-14(2)3)21-15(4)26/h6-7,14,18H,5,8-13H2,1-4H3,(H,21,26). The maximum absolute atomic E-state index is 11.7. The minimum absolute atomic E-state index is 0.0298. The second-order valence-corrected chi connectivity index (χ2v) is 7.76. The first-order valence-corrected chi connectivity index (χ1v) is 9.95. The molecule has 2 aromatic rings. The van der Waals surface area contributed by atoms with Crippen molar-refractivity contribution in [2.24, 2.45) is 5.92 Å². The van der Waals surface area contributed by atoms with E-state index in [0.717, 1.165) is 68.6 Å². The predicted octanol–water partition coefficient (Wildman–Crippen LogP) is 2.72. The van der Waals surface area contributed by atoms with Crippen LogP contribution in [0.15, 0.2) is 16.5 Å². The summed E-state index contributed by atoms with van der Waals surface area (Å²) in [5.41, 5.74) is 0. The van der Waals surface area contributed by atoms with Crippen LogP contribution < -0.4 is 5.32 Å². The molecular formula is C20H31N5O2. The van der Waals surface area contributed by atoms with Crippen LogP contribution in [0.2, 0.25) is 0 Å². The first-order chi connectivity index (χ1) is 13.0. The zero-order chi connectivity index (χ0) is 19.4. The fourth-order valence-corrected chi connectivity index (χ4v) is 3.67. The molecule has 1 aliphatic heterocycles. The number of rotatable bonds is 7. The summed E-state index contributed by atoms with van der Waals surface area (Å²) in [4.78, 5) is 14.1. The normalized spacial score (nSPS) is 16.2. The van der Waals surface area contributed by atoms with E-state index in [1.807, 2.05) is 0 Å². The Kier molecular flexibility index (Phi) is 6.31. The summed E-state index contributed by atoms with van der Waals surface area (Å²) in [5.74, 6) is 4.36. The monoisotopic (exact) mass is 373 g/mol. The van der Waals surface area contributed by atoms with Gasteiger partial charge in [0.25, 0.3) is 0 Å². The molecule has 0 saturated carbocycles. The molecule has 148 valence electrons. The summed E-state index contributed by atoms with van der Waals surface area (Å²) in [6.45, 7) is 11.5. The lowest BCUT2D eigenvalue weighted by Gasteiger charge is -2.21. The molecule has 1 aliphatic rings. The van der Waals surface area contributed by atoms with Gasteiger partial charge in [-0.2, -0.15) is 0 Å². The number of nitrogens with zero attached hydrogens (tertiary/aromatic N) is 4. The van der Waals surface area contributed by atoms with E-state index in [4.69, 9.17) is 4.42 Å². The molecule has 27 heavy (non-hydrogen) atoms. The molecule has 1 unspecified atom stereocenters. The Bertz CT molecular complexity index is 764. The van der Waals surface area contributed by atoms with Crippen LogP contribution in [0.1, 0.15) is 63.3 Å². The van der Waals surface area contributed by atoms with E-state index < -0.39 is 0 Å². The van der Waals surface area contributed by atoms with Crippen molar-refractivity contribution in [1.82, 2.24) is 25.0 Å². The lowest BCUT2D eigenvalue weighted by molar-refractivity contribution is -0.119. The number of aryl methyl sites for hydroxylation is 1. The maximum Gasteiger partial charge on any atom is 0.217 e. The molecule has 1 atom stereocenters. The molecule has 0 aromatic carbocycles. The van der Waals surface area contributed by atoms with Gasteiger partial charge in [0.1, 0.15) is 17.3 Å². The largest absolute Gasteiger partial charge is 0.465 e. The zero-order valence-electron chi connectivity index (χ0n) is 16.9. The van der Waals surface area contributed by atoms with Crippen LogP contribution in [0.25, 0.3) is 0 Å². The van der Waals surface area contributed by atoms with Crippen molar-refractivity contribution in [3.8, 4) is 0 Å². The van der Waals surface area contributed by atoms with Crippen molar-refractivity contribution in [3.63, 3.8) is 0 Å². The molecule has 7 heteroatoms. The molecule has 0 spiro atoms. The Hall–Kier alpha value is -2.15. The third-order valence-electron chi connectivity index (χ3n) is 4.99. The number of carbonyl (C=O) groups excluding carboxylic acids is 1. The van der Waals surface area contributed by atoms with Crippen molar-refractivity contribution in [2.45, 2.75) is 66.1 Å². The second-order valence-electron chi connectivity index (χ2n) is 7.76. The van der Waals surface area contributed by atoms with Gasteiger partial charge < -0.3 is 14.3 Å². The molecule has 0 fully saturated rings. The number of hydrogen-bond acceptors (Lipinski definition) is 5. The Morgan fingerprint density at radius 2 is 2.00 bits per heavy atom. The number of fused-ring (bicyclic) bond motifs is 1. The van der Waals surface area contributed by atoms with Gasteiger partial charge in [-0.3, -0.25) is 9.69 Å². The van der Waals surface area contributed by atoms with E-state index in [2.05, 4.69) is 57.9 Å². The molecular weight excluding hydrogens is 342 g/mol. The first kappa shape index (κ1) is 19.6. The van der Waals surface area contributed by atoms with Crippen molar-refractivity contribution in [3.05, 3.63) is 35.3 Å². The molecule has 3 heterocycles. The SMILES string of the molecule is CCc1ccc(CN2CCc3nnc(C(CC(C)C)NC(C)=O)n3CC2)o1. The molecule has 0 radical (unpaired) electrons. The summed E-state index contributed by atoms with van der Waals surface area (Å²) in [6.07, 6.45) is 2.63. The smallest absolute Gasteiger partial charge is 0.217 e. The van der Waals surface area contributed by atoms with Crippen LogP contribution in [0.3, 0.4) is 0 Å². The molecule has 0 bridgehead atoms. The van der Waals surface area contributed by atoms with E-state index in [1.165, 1.54) is 0 Å². The fraction of sp³-hybridized carbons (Fsp3) is 0.650. The minimum atomic E-state index is -0.0903. The van der Waals surface area contributed by atoms with Crippen LogP contribution in [0.4, 0.5) is 0 Å². The highest BCUT2D eigenvalue weighted by Gasteiger charge is 2.25. The van der Waals surface area contributed by atoms with Gasteiger partial charge in [-0.15, -0.1) is 10.2 Å². The van der Waals surface area contributed by atoms with Gasteiger partial charge in [0.2, 0.25) is 5.91 Å². The van der Waals surface area contributed by atoms with Crippen molar-refractivity contribution < 1.29 is 9.21 Å². The van der Waals surface area contributed by atoms with Gasteiger partial charge in [0.05, 0.1) is 12.6 Å². The van der Waals surface area contributed by atoms with E-state index >= 15 is 0 Å². The van der Waals surface area contributed by atoms with Crippen LogP contribution in [-0.4, -0.2) is 38.7 Å². The number of aromatic nitrogens is 3. The third kappa shape index (κ3) is 4.97. The van der Waals surface area contributed by atoms with Gasteiger partial charge in [0, 0.05) is 39.4 Å². The molecule has 1 amide bonds. The van der Waals surface area contributed by atoms with Crippen molar-refractivity contribution in [1.29, 1.82) is 0 Å². The van der Waals surface area contributed by atoms with Crippen LogP contribution in [0.5, 0.6) is 0 Å². The van der Waals surface area contributed by atoms with Gasteiger partial charge >= 0.3 is 0 Å². The number of nitrogens with one attached hydrogen (secondary N) is 1. The van der Waals surface area contributed by atoms with Gasteiger partial charge in [-0.05, 0) is 24.5 Å². The summed E-state index contributed by atoms with van der Waals surface area (Å²) >= 11 is 0.